The smallest absolute Gasteiger partial charge is 0.306 e. The molecule has 0 aromatic heterocycles. The average Bonchev–Trinajstić information content (AvgIpc) is 2.46. The molecule has 0 aliphatic carbocycles. The van der Waals surface area contributed by atoms with Crippen molar-refractivity contribution in [2.24, 2.45) is 5.92 Å². The van der Waals surface area contributed by atoms with E-state index in [-0.39, 0.29) is 18.0 Å². The van der Waals surface area contributed by atoms with Crippen LogP contribution in [0.3, 0.4) is 0 Å². The van der Waals surface area contributed by atoms with Crippen LogP contribution in [0.15, 0.2) is 0 Å². The van der Waals surface area contributed by atoms with Gasteiger partial charge in [-0.3, -0.25) is 9.59 Å². The number of hydrogen-bond donors (Lipinski definition) is 0. The van der Waals surface area contributed by atoms with Gasteiger partial charge in [0.2, 0.25) is 0 Å². The molecule has 0 heterocycles. The number of hydrogen-bond acceptors (Lipinski definition) is 4. The third kappa shape index (κ3) is 15.6. The highest BCUT2D eigenvalue weighted by Crippen LogP contribution is 2.10. The van der Waals surface area contributed by atoms with E-state index in [9.17, 15) is 9.59 Å². The highest BCUT2D eigenvalue weighted by atomic mass is 16.5. The first-order valence-electron chi connectivity index (χ1n) is 9.30. The van der Waals surface area contributed by atoms with Crippen LogP contribution in [-0.2, 0) is 19.1 Å². The van der Waals surface area contributed by atoms with E-state index in [1.807, 2.05) is 6.92 Å². The van der Waals surface area contributed by atoms with E-state index < -0.39 is 0 Å². The fourth-order valence-corrected chi connectivity index (χ4v) is 2.50. The lowest BCUT2D eigenvalue weighted by Gasteiger charge is -2.15. The van der Waals surface area contributed by atoms with Crippen molar-refractivity contribution in [2.75, 3.05) is 6.61 Å². The summed E-state index contributed by atoms with van der Waals surface area (Å²) >= 11 is 0. The standard InChI is InChI=1S/C19H36O4/c1-5-6-7-8-11-14-22-18(20)12-9-10-13-19(21)23-17(4)15-16(2)3/h16-17H,5-15H2,1-4H3. The molecular weight excluding hydrogens is 292 g/mol. The van der Waals surface area contributed by atoms with Crippen molar-refractivity contribution in [3.63, 3.8) is 0 Å². The summed E-state index contributed by atoms with van der Waals surface area (Å²) in [6.45, 7) is 8.85. The van der Waals surface area contributed by atoms with Crippen LogP contribution in [0.1, 0.15) is 91.9 Å². The first-order valence-corrected chi connectivity index (χ1v) is 9.30. The molecule has 1 atom stereocenters. The quantitative estimate of drug-likeness (QED) is 0.331. The molecule has 0 fully saturated rings. The van der Waals surface area contributed by atoms with Gasteiger partial charge in [0.1, 0.15) is 0 Å². The number of carbonyl (C=O) groups is 2. The fourth-order valence-electron chi connectivity index (χ4n) is 2.50. The molecule has 0 aliphatic rings. The Labute approximate surface area is 142 Å². The molecule has 23 heavy (non-hydrogen) atoms. The SMILES string of the molecule is CCCCCCCOC(=O)CCCCC(=O)OC(C)CC(C)C. The van der Waals surface area contributed by atoms with Crippen LogP contribution in [0.4, 0.5) is 0 Å². The summed E-state index contributed by atoms with van der Waals surface area (Å²) in [5, 5.41) is 0. The number of ether oxygens (including phenoxy) is 2. The minimum absolute atomic E-state index is 0.0276. The lowest BCUT2D eigenvalue weighted by Crippen LogP contribution is -2.16. The largest absolute Gasteiger partial charge is 0.466 e. The Balaban J connectivity index is 3.48. The Hall–Kier alpha value is -1.06. The molecule has 0 saturated heterocycles. The molecule has 0 bridgehead atoms. The van der Waals surface area contributed by atoms with Gasteiger partial charge >= 0.3 is 11.9 Å². The summed E-state index contributed by atoms with van der Waals surface area (Å²) in [5.74, 6) is 0.207. The van der Waals surface area contributed by atoms with Gasteiger partial charge in [-0.1, -0.05) is 46.5 Å². The zero-order valence-electron chi connectivity index (χ0n) is 15.6. The molecular formula is C19H36O4. The molecule has 0 radical (unpaired) electrons. The van der Waals surface area contributed by atoms with Crippen molar-refractivity contribution in [1.82, 2.24) is 0 Å². The van der Waals surface area contributed by atoms with Crippen LogP contribution in [-0.4, -0.2) is 24.6 Å². The topological polar surface area (TPSA) is 52.6 Å². The molecule has 0 aliphatic heterocycles. The van der Waals surface area contributed by atoms with E-state index in [1.54, 1.807) is 0 Å². The highest BCUT2D eigenvalue weighted by Gasteiger charge is 2.11. The monoisotopic (exact) mass is 328 g/mol. The number of carbonyl (C=O) groups excluding carboxylic acids is 2. The maximum Gasteiger partial charge on any atom is 0.306 e. The van der Waals surface area contributed by atoms with E-state index in [0.717, 1.165) is 19.3 Å². The van der Waals surface area contributed by atoms with Gasteiger partial charge in [-0.25, -0.2) is 0 Å². The maximum atomic E-state index is 11.6. The Kier molecular flexibility index (Phi) is 13.9. The van der Waals surface area contributed by atoms with E-state index in [2.05, 4.69) is 20.8 Å². The molecule has 1 unspecified atom stereocenters. The first kappa shape index (κ1) is 21.9. The van der Waals surface area contributed by atoms with E-state index in [4.69, 9.17) is 9.47 Å². The molecule has 0 N–H and O–H groups in total. The minimum Gasteiger partial charge on any atom is -0.466 e. The Morgan fingerprint density at radius 2 is 1.43 bits per heavy atom. The van der Waals surface area contributed by atoms with Gasteiger partial charge in [0.25, 0.3) is 0 Å². The van der Waals surface area contributed by atoms with Gasteiger partial charge in [0.15, 0.2) is 0 Å². The molecule has 0 aromatic carbocycles. The van der Waals surface area contributed by atoms with E-state index in [0.29, 0.717) is 38.2 Å². The Morgan fingerprint density at radius 3 is 2.04 bits per heavy atom. The van der Waals surface area contributed by atoms with Crippen LogP contribution in [0, 0.1) is 5.92 Å². The summed E-state index contributed by atoms with van der Waals surface area (Å²) in [5.41, 5.74) is 0. The van der Waals surface area contributed by atoms with Gasteiger partial charge in [0, 0.05) is 12.8 Å². The first-order chi connectivity index (χ1) is 11.0. The van der Waals surface area contributed by atoms with Crippen molar-refractivity contribution in [3.8, 4) is 0 Å². The van der Waals surface area contributed by atoms with Crippen LogP contribution in [0.5, 0.6) is 0 Å². The molecule has 0 aromatic rings. The predicted molar refractivity (Wildman–Crippen MR) is 93.2 cm³/mol. The van der Waals surface area contributed by atoms with Gasteiger partial charge < -0.3 is 9.47 Å². The van der Waals surface area contributed by atoms with Gasteiger partial charge in [0.05, 0.1) is 12.7 Å². The zero-order chi connectivity index (χ0) is 17.5. The summed E-state index contributed by atoms with van der Waals surface area (Å²) < 4.78 is 10.5. The summed E-state index contributed by atoms with van der Waals surface area (Å²) in [6.07, 6.45) is 8.76. The summed E-state index contributed by atoms with van der Waals surface area (Å²) in [6, 6.07) is 0. The second-order valence-corrected chi connectivity index (χ2v) is 6.77. The molecule has 4 nitrogen and oxygen atoms in total. The number of unbranched alkanes of at least 4 members (excludes halogenated alkanes) is 5. The Bertz CT molecular complexity index is 312. The maximum absolute atomic E-state index is 11.6. The number of rotatable bonds is 14. The normalized spacial score (nSPS) is 12.2. The third-order valence-electron chi connectivity index (χ3n) is 3.66. The third-order valence-corrected chi connectivity index (χ3v) is 3.66. The number of esters is 2. The highest BCUT2D eigenvalue weighted by molar-refractivity contribution is 5.70. The van der Waals surface area contributed by atoms with E-state index >= 15 is 0 Å². The molecule has 0 rings (SSSR count). The van der Waals surface area contributed by atoms with Gasteiger partial charge in [-0.15, -0.1) is 0 Å². The molecule has 0 amide bonds. The van der Waals surface area contributed by atoms with Crippen molar-refractivity contribution in [1.29, 1.82) is 0 Å². The van der Waals surface area contributed by atoms with Crippen LogP contribution >= 0.6 is 0 Å². The minimum atomic E-state index is -0.164. The second kappa shape index (κ2) is 14.5. The molecule has 0 spiro atoms. The summed E-state index contributed by atoms with van der Waals surface area (Å²) in [4.78, 5) is 23.2. The average molecular weight is 328 g/mol. The second-order valence-electron chi connectivity index (χ2n) is 6.77. The fraction of sp³-hybridized carbons (Fsp3) is 0.895. The van der Waals surface area contributed by atoms with Crippen LogP contribution < -0.4 is 0 Å². The van der Waals surface area contributed by atoms with Crippen molar-refractivity contribution in [3.05, 3.63) is 0 Å². The lowest BCUT2D eigenvalue weighted by molar-refractivity contribution is -0.149. The van der Waals surface area contributed by atoms with Crippen LogP contribution in [0.2, 0.25) is 0 Å². The summed E-state index contributed by atoms with van der Waals surface area (Å²) in [7, 11) is 0. The predicted octanol–water partition coefficient (Wildman–Crippen LogP) is 5.04. The molecule has 0 saturated carbocycles. The van der Waals surface area contributed by atoms with Gasteiger partial charge in [-0.2, -0.15) is 0 Å². The Morgan fingerprint density at radius 1 is 0.826 bits per heavy atom. The molecule has 136 valence electrons. The van der Waals surface area contributed by atoms with Crippen molar-refractivity contribution >= 4 is 11.9 Å². The van der Waals surface area contributed by atoms with Crippen molar-refractivity contribution in [2.45, 2.75) is 98.0 Å². The van der Waals surface area contributed by atoms with Gasteiger partial charge in [-0.05, 0) is 38.5 Å². The lowest BCUT2D eigenvalue weighted by atomic mass is 10.1. The van der Waals surface area contributed by atoms with E-state index in [1.165, 1.54) is 19.3 Å². The molecule has 4 heteroatoms. The van der Waals surface area contributed by atoms with Crippen LogP contribution in [0.25, 0.3) is 0 Å². The zero-order valence-corrected chi connectivity index (χ0v) is 15.6. The van der Waals surface area contributed by atoms with Crippen molar-refractivity contribution < 1.29 is 19.1 Å².